The summed E-state index contributed by atoms with van der Waals surface area (Å²) in [5.41, 5.74) is 0. The van der Waals surface area contributed by atoms with Crippen LogP contribution in [-0.2, 0) is 4.79 Å². The standard InChI is InChI=1S/C9H19N3O2/c1-4-10-8(13)7-11-9(14)12(5-2)6-3/h4-7H2,1-3H3,(H,10,13)(H,11,14). The molecule has 0 aliphatic heterocycles. The van der Waals surface area contributed by atoms with Crippen LogP contribution in [0.25, 0.3) is 0 Å². The second-order valence-electron chi connectivity index (χ2n) is 2.78. The lowest BCUT2D eigenvalue weighted by Crippen LogP contribution is -2.44. The molecule has 0 aromatic heterocycles. The van der Waals surface area contributed by atoms with E-state index in [4.69, 9.17) is 0 Å². The third-order valence-electron chi connectivity index (χ3n) is 1.82. The molecule has 5 heteroatoms. The molecule has 0 unspecified atom stereocenters. The van der Waals surface area contributed by atoms with Crippen LogP contribution in [0.2, 0.25) is 0 Å². The van der Waals surface area contributed by atoms with Gasteiger partial charge in [-0.15, -0.1) is 0 Å². The number of carbonyl (C=O) groups is 2. The van der Waals surface area contributed by atoms with Crippen LogP contribution in [0.5, 0.6) is 0 Å². The van der Waals surface area contributed by atoms with Crippen molar-refractivity contribution < 1.29 is 9.59 Å². The lowest BCUT2D eigenvalue weighted by atomic mass is 10.5. The predicted molar refractivity (Wildman–Crippen MR) is 55.0 cm³/mol. The first-order chi connectivity index (χ1) is 6.65. The summed E-state index contributed by atoms with van der Waals surface area (Å²) in [6.45, 7) is 7.56. The Kier molecular flexibility index (Phi) is 6.53. The first-order valence-corrected chi connectivity index (χ1v) is 4.95. The van der Waals surface area contributed by atoms with Crippen LogP contribution in [-0.4, -0.2) is 43.0 Å². The van der Waals surface area contributed by atoms with Crippen molar-refractivity contribution in [3.63, 3.8) is 0 Å². The largest absolute Gasteiger partial charge is 0.355 e. The number of hydrogen-bond donors (Lipinski definition) is 2. The van der Waals surface area contributed by atoms with E-state index >= 15 is 0 Å². The van der Waals surface area contributed by atoms with Gasteiger partial charge in [-0.25, -0.2) is 4.79 Å². The number of urea groups is 1. The zero-order chi connectivity index (χ0) is 11.0. The van der Waals surface area contributed by atoms with Gasteiger partial charge in [0.25, 0.3) is 0 Å². The Morgan fingerprint density at radius 3 is 2.07 bits per heavy atom. The van der Waals surface area contributed by atoms with Gasteiger partial charge >= 0.3 is 6.03 Å². The molecule has 3 amide bonds. The highest BCUT2D eigenvalue weighted by atomic mass is 16.2. The molecule has 5 nitrogen and oxygen atoms in total. The average molecular weight is 201 g/mol. The molecular weight excluding hydrogens is 182 g/mol. The molecule has 82 valence electrons. The number of amides is 3. The van der Waals surface area contributed by atoms with Gasteiger partial charge in [-0.05, 0) is 20.8 Å². The number of hydrogen-bond acceptors (Lipinski definition) is 2. The maximum Gasteiger partial charge on any atom is 0.317 e. The number of nitrogens with one attached hydrogen (secondary N) is 2. The Bertz CT molecular complexity index is 190. The van der Waals surface area contributed by atoms with Crippen LogP contribution in [0.15, 0.2) is 0 Å². The highest BCUT2D eigenvalue weighted by Gasteiger charge is 2.09. The second-order valence-corrected chi connectivity index (χ2v) is 2.78. The van der Waals surface area contributed by atoms with E-state index < -0.39 is 0 Å². The fraction of sp³-hybridized carbons (Fsp3) is 0.778. The van der Waals surface area contributed by atoms with Crippen LogP contribution in [0, 0.1) is 0 Å². The molecule has 2 N–H and O–H groups in total. The number of likely N-dealkylation sites (N-methyl/N-ethyl adjacent to an activating group) is 1. The third kappa shape index (κ3) is 4.69. The minimum Gasteiger partial charge on any atom is -0.355 e. The lowest BCUT2D eigenvalue weighted by molar-refractivity contribution is -0.120. The van der Waals surface area contributed by atoms with Crippen LogP contribution in [0.1, 0.15) is 20.8 Å². The van der Waals surface area contributed by atoms with Gasteiger partial charge in [0.2, 0.25) is 5.91 Å². The summed E-state index contributed by atoms with van der Waals surface area (Å²) < 4.78 is 0. The molecule has 0 saturated carbocycles. The van der Waals surface area contributed by atoms with Crippen LogP contribution in [0.4, 0.5) is 4.79 Å². The van der Waals surface area contributed by atoms with E-state index in [9.17, 15) is 9.59 Å². The van der Waals surface area contributed by atoms with E-state index in [1.807, 2.05) is 20.8 Å². The van der Waals surface area contributed by atoms with Gasteiger partial charge in [-0.2, -0.15) is 0 Å². The number of rotatable bonds is 5. The van der Waals surface area contributed by atoms with Gasteiger partial charge in [-0.3, -0.25) is 4.79 Å². The van der Waals surface area contributed by atoms with Crippen molar-refractivity contribution in [1.29, 1.82) is 0 Å². The zero-order valence-electron chi connectivity index (χ0n) is 9.09. The lowest BCUT2D eigenvalue weighted by Gasteiger charge is -2.18. The molecule has 0 heterocycles. The predicted octanol–water partition coefficient (Wildman–Crippen LogP) is 0.174. The first-order valence-electron chi connectivity index (χ1n) is 4.95. The highest BCUT2D eigenvalue weighted by Crippen LogP contribution is 1.86. The topological polar surface area (TPSA) is 61.4 Å². The molecule has 0 rings (SSSR count). The van der Waals surface area contributed by atoms with Gasteiger partial charge in [-0.1, -0.05) is 0 Å². The monoisotopic (exact) mass is 201 g/mol. The number of nitrogens with zero attached hydrogens (tertiary/aromatic N) is 1. The zero-order valence-corrected chi connectivity index (χ0v) is 9.09. The van der Waals surface area contributed by atoms with E-state index in [-0.39, 0.29) is 18.5 Å². The van der Waals surface area contributed by atoms with E-state index in [2.05, 4.69) is 10.6 Å². The summed E-state index contributed by atoms with van der Waals surface area (Å²) in [5.74, 6) is -0.159. The van der Waals surface area contributed by atoms with E-state index in [0.717, 1.165) is 0 Å². The van der Waals surface area contributed by atoms with Crippen LogP contribution in [0.3, 0.4) is 0 Å². The molecule has 0 spiro atoms. The average Bonchev–Trinajstić information content (AvgIpc) is 2.17. The molecule has 0 radical (unpaired) electrons. The van der Waals surface area contributed by atoms with Gasteiger partial charge in [0.15, 0.2) is 0 Å². The van der Waals surface area contributed by atoms with Crippen molar-refractivity contribution in [1.82, 2.24) is 15.5 Å². The van der Waals surface area contributed by atoms with Gasteiger partial charge in [0.05, 0.1) is 6.54 Å². The summed E-state index contributed by atoms with van der Waals surface area (Å²) in [7, 11) is 0. The van der Waals surface area contributed by atoms with E-state index in [0.29, 0.717) is 19.6 Å². The van der Waals surface area contributed by atoms with Crippen LogP contribution >= 0.6 is 0 Å². The molecule has 14 heavy (non-hydrogen) atoms. The molecule has 0 aromatic rings. The summed E-state index contributed by atoms with van der Waals surface area (Å²) in [5, 5.41) is 5.15. The Hall–Kier alpha value is -1.26. The van der Waals surface area contributed by atoms with Crippen LogP contribution < -0.4 is 10.6 Å². The van der Waals surface area contributed by atoms with Crippen molar-refractivity contribution >= 4 is 11.9 Å². The minimum absolute atomic E-state index is 0.0448. The quantitative estimate of drug-likeness (QED) is 0.666. The highest BCUT2D eigenvalue weighted by molar-refractivity contribution is 5.83. The molecule has 0 bridgehead atoms. The fourth-order valence-corrected chi connectivity index (χ4v) is 1.04. The molecule has 0 fully saturated rings. The van der Waals surface area contributed by atoms with Crippen molar-refractivity contribution in [2.45, 2.75) is 20.8 Å². The Labute approximate surface area is 84.8 Å². The van der Waals surface area contributed by atoms with Crippen molar-refractivity contribution in [2.75, 3.05) is 26.2 Å². The second kappa shape index (κ2) is 7.17. The summed E-state index contributed by atoms with van der Waals surface area (Å²) in [4.78, 5) is 24.0. The van der Waals surface area contributed by atoms with Crippen molar-refractivity contribution in [2.24, 2.45) is 0 Å². The normalized spacial score (nSPS) is 9.36. The third-order valence-corrected chi connectivity index (χ3v) is 1.82. The number of carbonyl (C=O) groups excluding carboxylic acids is 2. The Balaban J connectivity index is 3.77. The maximum absolute atomic E-state index is 11.3. The van der Waals surface area contributed by atoms with Crippen molar-refractivity contribution in [3.8, 4) is 0 Å². The van der Waals surface area contributed by atoms with E-state index in [1.165, 1.54) is 0 Å². The minimum atomic E-state index is -0.193. The summed E-state index contributed by atoms with van der Waals surface area (Å²) >= 11 is 0. The van der Waals surface area contributed by atoms with Crippen molar-refractivity contribution in [3.05, 3.63) is 0 Å². The molecule has 0 atom stereocenters. The van der Waals surface area contributed by atoms with Gasteiger partial charge in [0.1, 0.15) is 0 Å². The smallest absolute Gasteiger partial charge is 0.317 e. The summed E-state index contributed by atoms with van der Waals surface area (Å²) in [6.07, 6.45) is 0. The molecule has 0 saturated heterocycles. The Morgan fingerprint density at radius 2 is 1.64 bits per heavy atom. The molecule has 0 aliphatic carbocycles. The first kappa shape index (κ1) is 12.7. The Morgan fingerprint density at radius 1 is 1.07 bits per heavy atom. The SMILES string of the molecule is CCNC(=O)CNC(=O)N(CC)CC. The maximum atomic E-state index is 11.3. The molecular formula is C9H19N3O2. The molecule has 0 aliphatic rings. The summed E-state index contributed by atoms with van der Waals surface area (Å²) in [6, 6.07) is -0.193. The molecule has 0 aromatic carbocycles. The fourth-order valence-electron chi connectivity index (χ4n) is 1.04. The van der Waals surface area contributed by atoms with E-state index in [1.54, 1.807) is 4.90 Å². The van der Waals surface area contributed by atoms with Gasteiger partial charge in [0, 0.05) is 19.6 Å². The van der Waals surface area contributed by atoms with Gasteiger partial charge < -0.3 is 15.5 Å².